The van der Waals surface area contributed by atoms with Crippen LogP contribution in [0, 0.1) is 0 Å². The molecule has 3 heteroatoms. The zero-order chi connectivity index (χ0) is 11.4. The highest BCUT2D eigenvalue weighted by Gasteiger charge is 2.20. The lowest BCUT2D eigenvalue weighted by atomic mass is 10.1. The molecule has 1 fully saturated rings. The van der Waals surface area contributed by atoms with Gasteiger partial charge in [-0.05, 0) is 12.5 Å². The molecule has 1 unspecified atom stereocenters. The summed E-state index contributed by atoms with van der Waals surface area (Å²) in [5.41, 5.74) is 1.16. The summed E-state index contributed by atoms with van der Waals surface area (Å²) in [5, 5.41) is 0. The van der Waals surface area contributed by atoms with Crippen LogP contribution in [0.1, 0.15) is 12.5 Å². The van der Waals surface area contributed by atoms with Gasteiger partial charge in [0.1, 0.15) is 0 Å². The van der Waals surface area contributed by atoms with E-state index in [-0.39, 0.29) is 0 Å². The van der Waals surface area contributed by atoms with Crippen molar-refractivity contribution in [1.82, 2.24) is 4.90 Å². The molecule has 16 heavy (non-hydrogen) atoms. The maximum absolute atomic E-state index is 5.54. The number of morpholine rings is 1. The first-order valence-electron chi connectivity index (χ1n) is 5.70. The quantitative estimate of drug-likeness (QED) is 0.588. The number of ether oxygens (including phenoxy) is 1. The number of thiocarbonyl (C=S) groups is 1. The summed E-state index contributed by atoms with van der Waals surface area (Å²) in [6, 6.07) is 10.6. The molecule has 0 amide bonds. The van der Waals surface area contributed by atoms with E-state index in [1.165, 1.54) is 0 Å². The molecule has 1 aliphatic heterocycles. The van der Waals surface area contributed by atoms with Crippen LogP contribution in [0.5, 0.6) is 0 Å². The van der Waals surface area contributed by atoms with E-state index < -0.39 is 0 Å². The van der Waals surface area contributed by atoms with E-state index in [9.17, 15) is 0 Å². The van der Waals surface area contributed by atoms with Gasteiger partial charge in [0.15, 0.2) is 0 Å². The average Bonchev–Trinajstić information content (AvgIpc) is 2.39. The van der Waals surface area contributed by atoms with Crippen molar-refractivity contribution < 1.29 is 4.74 Å². The Hall–Kier alpha value is -0.770. The van der Waals surface area contributed by atoms with Crippen LogP contribution in [0.2, 0.25) is 0 Å². The summed E-state index contributed by atoms with van der Waals surface area (Å²) in [4.78, 5) is 3.42. The third kappa shape index (κ3) is 2.67. The number of nitrogens with zero attached hydrogens (tertiary/aromatic N) is 1. The second-order valence-corrected chi connectivity index (χ2v) is 4.49. The van der Waals surface area contributed by atoms with Gasteiger partial charge in [0.25, 0.3) is 0 Å². The van der Waals surface area contributed by atoms with Gasteiger partial charge in [-0.15, -0.1) is 0 Å². The minimum atomic E-state index is 0.321. The molecule has 0 N–H and O–H groups in total. The topological polar surface area (TPSA) is 12.5 Å². The molecule has 0 bridgehead atoms. The molecule has 1 aromatic carbocycles. The number of hydrogen-bond acceptors (Lipinski definition) is 3. The highest BCUT2D eigenvalue weighted by molar-refractivity contribution is 7.81. The van der Waals surface area contributed by atoms with Crippen molar-refractivity contribution in [3.63, 3.8) is 0 Å². The Bertz CT molecular complexity index is 346. The van der Waals surface area contributed by atoms with Crippen molar-refractivity contribution in [2.75, 3.05) is 26.3 Å². The fourth-order valence-corrected chi connectivity index (χ4v) is 2.26. The highest BCUT2D eigenvalue weighted by atomic mass is 32.1. The summed E-state index contributed by atoms with van der Waals surface area (Å²) in [6.45, 7) is 5.78. The molecule has 86 valence electrons. The van der Waals surface area contributed by atoms with Gasteiger partial charge in [-0.3, -0.25) is 4.90 Å². The second-order valence-electron chi connectivity index (χ2n) is 4.05. The Labute approximate surface area is 102 Å². The molecule has 2 rings (SSSR count). The molecule has 0 radical (unpaired) electrons. The Kier molecular flexibility index (Phi) is 4.04. The van der Waals surface area contributed by atoms with Crippen LogP contribution >= 0.6 is 12.2 Å². The summed E-state index contributed by atoms with van der Waals surface area (Å²) in [6.07, 6.45) is 0. The number of rotatable bonds is 3. The molecule has 1 heterocycles. The molecule has 2 nitrogen and oxygen atoms in total. The van der Waals surface area contributed by atoms with E-state index in [4.69, 9.17) is 17.0 Å². The Morgan fingerprint density at radius 2 is 1.88 bits per heavy atom. The lowest BCUT2D eigenvalue weighted by molar-refractivity contribution is 0.0322. The zero-order valence-corrected chi connectivity index (χ0v) is 10.4. The van der Waals surface area contributed by atoms with E-state index in [1.54, 1.807) is 0 Å². The van der Waals surface area contributed by atoms with Crippen LogP contribution in [-0.2, 0) is 4.74 Å². The van der Waals surface area contributed by atoms with Crippen molar-refractivity contribution in [3.8, 4) is 0 Å². The summed E-state index contributed by atoms with van der Waals surface area (Å²) < 4.78 is 5.35. The monoisotopic (exact) mass is 235 g/mol. The predicted molar refractivity (Wildman–Crippen MR) is 70.0 cm³/mol. The van der Waals surface area contributed by atoms with E-state index >= 15 is 0 Å². The smallest absolute Gasteiger partial charge is 0.0594 e. The Morgan fingerprint density at radius 3 is 2.50 bits per heavy atom. The van der Waals surface area contributed by atoms with E-state index in [2.05, 4.69) is 24.0 Å². The van der Waals surface area contributed by atoms with Gasteiger partial charge in [-0.2, -0.15) is 0 Å². The molecule has 0 saturated carbocycles. The minimum Gasteiger partial charge on any atom is -0.379 e. The number of benzene rings is 1. The lowest BCUT2D eigenvalue weighted by Gasteiger charge is -2.32. The molecule has 1 saturated heterocycles. The second kappa shape index (κ2) is 5.53. The zero-order valence-electron chi connectivity index (χ0n) is 9.56. The molecular weight excluding hydrogens is 218 g/mol. The molecule has 0 spiro atoms. The van der Waals surface area contributed by atoms with Crippen LogP contribution in [0.15, 0.2) is 30.3 Å². The van der Waals surface area contributed by atoms with Gasteiger partial charge in [0, 0.05) is 24.0 Å². The van der Waals surface area contributed by atoms with Crippen molar-refractivity contribution in [2.45, 2.75) is 13.0 Å². The van der Waals surface area contributed by atoms with E-state index in [1.807, 2.05) is 18.2 Å². The third-order valence-corrected chi connectivity index (χ3v) is 3.61. The maximum atomic E-state index is 5.54. The van der Waals surface area contributed by atoms with Crippen LogP contribution in [-0.4, -0.2) is 42.1 Å². The molecule has 1 atom stereocenters. The standard InChI is InChI=1S/C13H17NOS/c1-11(14-7-9-15-10-8-14)13(16)12-5-3-2-4-6-12/h2-6,11H,7-10H2,1H3. The normalized spacial score (nSPS) is 19.3. The maximum Gasteiger partial charge on any atom is 0.0594 e. The van der Waals surface area contributed by atoms with Crippen molar-refractivity contribution in [3.05, 3.63) is 35.9 Å². The molecule has 1 aliphatic rings. The van der Waals surface area contributed by atoms with E-state index in [0.29, 0.717) is 6.04 Å². The lowest BCUT2D eigenvalue weighted by Crippen LogP contribution is -2.45. The minimum absolute atomic E-state index is 0.321. The van der Waals surface area contributed by atoms with Gasteiger partial charge >= 0.3 is 0 Å². The summed E-state index contributed by atoms with van der Waals surface area (Å²) in [7, 11) is 0. The van der Waals surface area contributed by atoms with Gasteiger partial charge in [-0.1, -0.05) is 42.5 Å². The van der Waals surface area contributed by atoms with Crippen LogP contribution in [0.25, 0.3) is 0 Å². The van der Waals surface area contributed by atoms with Crippen molar-refractivity contribution in [1.29, 1.82) is 0 Å². The van der Waals surface area contributed by atoms with Crippen molar-refractivity contribution >= 4 is 17.1 Å². The Balaban J connectivity index is 2.04. The highest BCUT2D eigenvalue weighted by Crippen LogP contribution is 2.11. The largest absolute Gasteiger partial charge is 0.379 e. The van der Waals surface area contributed by atoms with Crippen LogP contribution < -0.4 is 0 Å². The fraction of sp³-hybridized carbons (Fsp3) is 0.462. The average molecular weight is 235 g/mol. The van der Waals surface area contributed by atoms with Gasteiger partial charge in [0.05, 0.1) is 13.2 Å². The predicted octanol–water partition coefficient (Wildman–Crippen LogP) is 2.13. The summed E-state index contributed by atoms with van der Waals surface area (Å²) >= 11 is 5.54. The molecule has 0 aliphatic carbocycles. The first-order chi connectivity index (χ1) is 7.79. The van der Waals surface area contributed by atoms with Crippen molar-refractivity contribution in [2.24, 2.45) is 0 Å². The van der Waals surface area contributed by atoms with E-state index in [0.717, 1.165) is 36.7 Å². The number of hydrogen-bond donors (Lipinski definition) is 0. The first-order valence-corrected chi connectivity index (χ1v) is 6.11. The molecular formula is C13H17NOS. The van der Waals surface area contributed by atoms with Gasteiger partial charge < -0.3 is 4.74 Å². The SMILES string of the molecule is CC(C(=S)c1ccccc1)N1CCOCC1. The molecule has 0 aromatic heterocycles. The third-order valence-electron chi connectivity index (χ3n) is 3.03. The van der Waals surface area contributed by atoms with Crippen LogP contribution in [0.3, 0.4) is 0 Å². The summed E-state index contributed by atoms with van der Waals surface area (Å²) in [5.74, 6) is 0. The first kappa shape index (κ1) is 11.7. The van der Waals surface area contributed by atoms with Gasteiger partial charge in [0.2, 0.25) is 0 Å². The van der Waals surface area contributed by atoms with Gasteiger partial charge in [-0.25, -0.2) is 0 Å². The molecule has 1 aromatic rings. The van der Waals surface area contributed by atoms with Crippen LogP contribution in [0.4, 0.5) is 0 Å². The Morgan fingerprint density at radius 1 is 1.25 bits per heavy atom. The fourth-order valence-electron chi connectivity index (χ4n) is 1.97.